The standard InChI is InChI=1S/C28H30N2O6/c31-24-18-21(14-15-25(24)36-19-26(32)33)17-23(30-27(34)22-12-5-2-6-13-22)28(35)29-16-8-7-11-20-9-3-1-4-10-20/h1-6,9-10,12-15,18,23,31H,7-8,11,16-17,19H2,(H,29,35)(H,30,34)(H,32,33)/t23-/m0/s1. The van der Waals surface area contributed by atoms with Crippen LogP contribution in [0.3, 0.4) is 0 Å². The molecular formula is C28H30N2O6. The molecule has 0 aliphatic rings. The first-order valence-electron chi connectivity index (χ1n) is 11.8. The van der Waals surface area contributed by atoms with Crippen molar-refractivity contribution in [3.8, 4) is 11.5 Å². The van der Waals surface area contributed by atoms with Gasteiger partial charge in [0.2, 0.25) is 5.91 Å². The number of hydrogen-bond acceptors (Lipinski definition) is 5. The highest BCUT2D eigenvalue weighted by Crippen LogP contribution is 2.27. The number of rotatable bonds is 13. The summed E-state index contributed by atoms with van der Waals surface area (Å²) < 4.78 is 5.04. The van der Waals surface area contributed by atoms with Gasteiger partial charge in [-0.25, -0.2) is 4.79 Å². The van der Waals surface area contributed by atoms with Gasteiger partial charge < -0.3 is 25.6 Å². The molecule has 0 unspecified atom stereocenters. The maximum absolute atomic E-state index is 13.0. The van der Waals surface area contributed by atoms with Crippen molar-refractivity contribution in [1.29, 1.82) is 0 Å². The molecule has 0 heterocycles. The Bertz CT molecular complexity index is 1150. The molecule has 3 rings (SSSR count). The van der Waals surface area contributed by atoms with Crippen LogP contribution >= 0.6 is 0 Å². The molecule has 0 radical (unpaired) electrons. The summed E-state index contributed by atoms with van der Waals surface area (Å²) in [5.74, 6) is -2.10. The lowest BCUT2D eigenvalue weighted by Gasteiger charge is -2.19. The van der Waals surface area contributed by atoms with Crippen LogP contribution in [0, 0.1) is 0 Å². The van der Waals surface area contributed by atoms with Crippen molar-refractivity contribution in [1.82, 2.24) is 10.6 Å². The first kappa shape index (κ1) is 26.3. The van der Waals surface area contributed by atoms with Crippen LogP contribution in [0.5, 0.6) is 11.5 Å². The molecule has 3 aromatic carbocycles. The smallest absolute Gasteiger partial charge is 0.341 e. The minimum atomic E-state index is -1.16. The first-order valence-corrected chi connectivity index (χ1v) is 11.8. The Morgan fingerprint density at radius 3 is 2.22 bits per heavy atom. The topological polar surface area (TPSA) is 125 Å². The fourth-order valence-corrected chi connectivity index (χ4v) is 3.66. The second-order valence-electron chi connectivity index (χ2n) is 8.31. The van der Waals surface area contributed by atoms with Gasteiger partial charge in [0.15, 0.2) is 18.1 Å². The highest BCUT2D eigenvalue weighted by molar-refractivity contribution is 5.97. The molecule has 0 aliphatic heterocycles. The second kappa shape index (κ2) is 13.5. The van der Waals surface area contributed by atoms with Crippen LogP contribution in [0.2, 0.25) is 0 Å². The van der Waals surface area contributed by atoms with Crippen LogP contribution in [0.4, 0.5) is 0 Å². The number of carboxylic acid groups (broad SMARTS) is 1. The lowest BCUT2D eigenvalue weighted by Crippen LogP contribution is -2.48. The number of unbranched alkanes of at least 4 members (excludes halogenated alkanes) is 1. The van der Waals surface area contributed by atoms with Crippen molar-refractivity contribution < 1.29 is 29.3 Å². The zero-order valence-electron chi connectivity index (χ0n) is 19.9. The largest absolute Gasteiger partial charge is 0.504 e. The number of aryl methyl sites for hydroxylation is 1. The average Bonchev–Trinajstić information content (AvgIpc) is 2.88. The summed E-state index contributed by atoms with van der Waals surface area (Å²) in [5, 5.41) is 24.6. The molecule has 0 fully saturated rings. The third-order valence-corrected chi connectivity index (χ3v) is 5.51. The van der Waals surface area contributed by atoms with E-state index in [4.69, 9.17) is 9.84 Å². The molecule has 3 aromatic rings. The van der Waals surface area contributed by atoms with Gasteiger partial charge in [-0.2, -0.15) is 0 Å². The summed E-state index contributed by atoms with van der Waals surface area (Å²) in [5.41, 5.74) is 2.25. The van der Waals surface area contributed by atoms with Crippen LogP contribution in [0.1, 0.15) is 34.3 Å². The molecule has 1 atom stereocenters. The molecule has 2 amide bonds. The number of aliphatic carboxylic acids is 1. The lowest BCUT2D eigenvalue weighted by atomic mass is 10.0. The Labute approximate surface area is 209 Å². The summed E-state index contributed by atoms with van der Waals surface area (Å²) >= 11 is 0. The number of nitrogens with one attached hydrogen (secondary N) is 2. The number of aromatic hydroxyl groups is 1. The van der Waals surface area contributed by atoms with E-state index in [1.165, 1.54) is 17.7 Å². The maximum atomic E-state index is 13.0. The number of carbonyl (C=O) groups excluding carboxylic acids is 2. The highest BCUT2D eigenvalue weighted by Gasteiger charge is 2.22. The highest BCUT2D eigenvalue weighted by atomic mass is 16.5. The summed E-state index contributed by atoms with van der Waals surface area (Å²) in [6, 6.07) is 22.3. The summed E-state index contributed by atoms with van der Waals surface area (Å²) in [7, 11) is 0. The summed E-state index contributed by atoms with van der Waals surface area (Å²) in [4.78, 5) is 36.4. The van der Waals surface area contributed by atoms with Gasteiger partial charge in [-0.1, -0.05) is 54.6 Å². The van der Waals surface area contributed by atoms with Crippen molar-refractivity contribution in [3.05, 3.63) is 95.6 Å². The molecule has 0 aromatic heterocycles. The van der Waals surface area contributed by atoms with Crippen LogP contribution < -0.4 is 15.4 Å². The number of ether oxygens (including phenoxy) is 1. The van der Waals surface area contributed by atoms with Crippen molar-refractivity contribution in [2.24, 2.45) is 0 Å². The Morgan fingerprint density at radius 1 is 0.861 bits per heavy atom. The van der Waals surface area contributed by atoms with Gasteiger partial charge in [-0.15, -0.1) is 0 Å². The van der Waals surface area contributed by atoms with E-state index in [9.17, 15) is 19.5 Å². The van der Waals surface area contributed by atoms with Gasteiger partial charge in [0, 0.05) is 18.5 Å². The summed E-state index contributed by atoms with van der Waals surface area (Å²) in [6.07, 6.45) is 2.75. The molecule has 0 saturated heterocycles. The molecule has 0 saturated carbocycles. The van der Waals surface area contributed by atoms with E-state index in [-0.39, 0.29) is 29.7 Å². The molecule has 4 N–H and O–H groups in total. The third-order valence-electron chi connectivity index (χ3n) is 5.51. The normalized spacial score (nSPS) is 11.3. The van der Waals surface area contributed by atoms with E-state index in [2.05, 4.69) is 22.8 Å². The fraction of sp³-hybridized carbons (Fsp3) is 0.250. The van der Waals surface area contributed by atoms with E-state index in [1.807, 2.05) is 18.2 Å². The molecule has 8 nitrogen and oxygen atoms in total. The van der Waals surface area contributed by atoms with Crippen LogP contribution in [-0.4, -0.2) is 47.2 Å². The first-order chi connectivity index (χ1) is 17.4. The number of benzene rings is 3. The minimum Gasteiger partial charge on any atom is -0.504 e. The van der Waals surface area contributed by atoms with E-state index < -0.39 is 18.6 Å². The summed E-state index contributed by atoms with van der Waals surface area (Å²) in [6.45, 7) is -0.119. The number of carboxylic acids is 1. The van der Waals surface area contributed by atoms with E-state index >= 15 is 0 Å². The Balaban J connectivity index is 1.62. The fourth-order valence-electron chi connectivity index (χ4n) is 3.66. The van der Waals surface area contributed by atoms with Crippen molar-refractivity contribution in [2.45, 2.75) is 31.7 Å². The lowest BCUT2D eigenvalue weighted by molar-refractivity contribution is -0.139. The van der Waals surface area contributed by atoms with Crippen molar-refractivity contribution >= 4 is 17.8 Å². The number of phenolic OH excluding ortho intramolecular Hbond substituents is 1. The Morgan fingerprint density at radius 2 is 1.56 bits per heavy atom. The zero-order valence-corrected chi connectivity index (χ0v) is 19.9. The number of phenols is 1. The van der Waals surface area contributed by atoms with Gasteiger partial charge in [-0.05, 0) is 54.7 Å². The number of amides is 2. The molecule has 8 heteroatoms. The van der Waals surface area contributed by atoms with Crippen molar-refractivity contribution in [3.63, 3.8) is 0 Å². The quantitative estimate of drug-likeness (QED) is 0.273. The Hall–Kier alpha value is -4.33. The molecule has 36 heavy (non-hydrogen) atoms. The van der Waals surface area contributed by atoms with Gasteiger partial charge in [-0.3, -0.25) is 9.59 Å². The van der Waals surface area contributed by atoms with Crippen LogP contribution in [0.15, 0.2) is 78.9 Å². The predicted molar refractivity (Wildman–Crippen MR) is 135 cm³/mol. The predicted octanol–water partition coefficient (Wildman–Crippen LogP) is 3.34. The van der Waals surface area contributed by atoms with Gasteiger partial charge in [0.05, 0.1) is 0 Å². The van der Waals surface area contributed by atoms with E-state index in [0.717, 1.165) is 19.3 Å². The molecule has 0 spiro atoms. The van der Waals surface area contributed by atoms with Crippen LogP contribution in [0.25, 0.3) is 0 Å². The SMILES string of the molecule is O=C(O)COc1ccc(C[C@H](NC(=O)c2ccccc2)C(=O)NCCCCc2ccccc2)cc1O. The second-order valence-corrected chi connectivity index (χ2v) is 8.31. The number of carbonyl (C=O) groups is 3. The van der Waals surface area contributed by atoms with Gasteiger partial charge in [0.1, 0.15) is 6.04 Å². The minimum absolute atomic E-state index is 0.0221. The average molecular weight is 491 g/mol. The van der Waals surface area contributed by atoms with Gasteiger partial charge in [0.25, 0.3) is 5.91 Å². The van der Waals surface area contributed by atoms with E-state index in [1.54, 1.807) is 36.4 Å². The van der Waals surface area contributed by atoms with Crippen LogP contribution in [-0.2, 0) is 22.4 Å². The zero-order chi connectivity index (χ0) is 25.8. The monoisotopic (exact) mass is 490 g/mol. The molecule has 0 bridgehead atoms. The van der Waals surface area contributed by atoms with Gasteiger partial charge >= 0.3 is 5.97 Å². The Kier molecular flexibility index (Phi) is 9.88. The molecule has 188 valence electrons. The number of hydrogen-bond donors (Lipinski definition) is 4. The van der Waals surface area contributed by atoms with Crippen molar-refractivity contribution in [2.75, 3.05) is 13.2 Å². The molecule has 0 aliphatic carbocycles. The molecular weight excluding hydrogens is 460 g/mol. The third kappa shape index (κ3) is 8.47. The van der Waals surface area contributed by atoms with E-state index in [0.29, 0.717) is 17.7 Å². The maximum Gasteiger partial charge on any atom is 0.341 e.